The number of fused-ring (bicyclic) bond motifs is 2. The average molecular weight is 399 g/mol. The van der Waals surface area contributed by atoms with Crippen molar-refractivity contribution in [2.24, 2.45) is 5.92 Å². The van der Waals surface area contributed by atoms with E-state index in [1.807, 2.05) is 47.4 Å². The first-order valence-corrected chi connectivity index (χ1v) is 10.7. The molecule has 152 valence electrons. The second-order valence-electron chi connectivity index (χ2n) is 8.44. The minimum Gasteiger partial charge on any atom is -0.331 e. The fraction of sp³-hybridized carbons (Fsp3) is 0.320. The summed E-state index contributed by atoms with van der Waals surface area (Å²) in [5.41, 5.74) is 4.92. The van der Waals surface area contributed by atoms with E-state index in [1.54, 1.807) is 6.20 Å². The third-order valence-electron chi connectivity index (χ3n) is 6.61. The third kappa shape index (κ3) is 3.34. The van der Waals surface area contributed by atoms with Gasteiger partial charge in [-0.15, -0.1) is 0 Å². The number of carbonyl (C=O) groups excluding carboxylic acids is 2. The Morgan fingerprint density at radius 3 is 2.70 bits per heavy atom. The second kappa shape index (κ2) is 7.56. The average Bonchev–Trinajstić information content (AvgIpc) is 3.12. The molecule has 0 spiro atoms. The number of benzene rings is 2. The van der Waals surface area contributed by atoms with Crippen molar-refractivity contribution < 1.29 is 9.59 Å². The summed E-state index contributed by atoms with van der Waals surface area (Å²) in [6, 6.07) is 15.9. The van der Waals surface area contributed by atoms with Crippen LogP contribution in [0.4, 0.5) is 5.69 Å². The topological polar surface area (TPSA) is 62.3 Å². The van der Waals surface area contributed by atoms with E-state index in [0.717, 1.165) is 53.4 Å². The molecule has 30 heavy (non-hydrogen) atoms. The van der Waals surface area contributed by atoms with Crippen LogP contribution in [-0.4, -0.2) is 27.7 Å². The fourth-order valence-electron chi connectivity index (χ4n) is 4.85. The van der Waals surface area contributed by atoms with E-state index < -0.39 is 0 Å². The smallest absolute Gasteiger partial charge is 0.254 e. The second-order valence-corrected chi connectivity index (χ2v) is 8.44. The number of anilines is 1. The summed E-state index contributed by atoms with van der Waals surface area (Å²) in [5.74, 6) is 0.211. The first-order chi connectivity index (χ1) is 14.6. The number of rotatable bonds is 3. The van der Waals surface area contributed by atoms with E-state index in [9.17, 15) is 9.59 Å². The van der Waals surface area contributed by atoms with Crippen molar-refractivity contribution in [3.63, 3.8) is 0 Å². The molecular weight excluding hydrogens is 374 g/mol. The van der Waals surface area contributed by atoms with Gasteiger partial charge in [-0.2, -0.15) is 0 Å². The number of aryl methyl sites for hydroxylation is 1. The number of amides is 2. The van der Waals surface area contributed by atoms with Crippen LogP contribution in [-0.2, 0) is 11.3 Å². The van der Waals surface area contributed by atoms with Crippen LogP contribution in [0.5, 0.6) is 0 Å². The zero-order valence-corrected chi connectivity index (χ0v) is 17.1. The number of nitrogens with one attached hydrogen (secondary N) is 1. The summed E-state index contributed by atoms with van der Waals surface area (Å²) in [7, 11) is 0. The SMILES string of the molecule is Cc1cccc2c1CN(C1CCC(C(=O)Nc3ccc4ncccc4c3)CC1)C2=O. The molecule has 1 fully saturated rings. The lowest BCUT2D eigenvalue weighted by atomic mass is 9.84. The molecule has 5 rings (SSSR count). The normalized spacial score (nSPS) is 21.0. The van der Waals surface area contributed by atoms with Crippen LogP contribution in [0.3, 0.4) is 0 Å². The maximum absolute atomic E-state index is 12.9. The van der Waals surface area contributed by atoms with Crippen molar-refractivity contribution in [1.29, 1.82) is 0 Å². The summed E-state index contributed by atoms with van der Waals surface area (Å²) in [4.78, 5) is 32.0. The van der Waals surface area contributed by atoms with Crippen molar-refractivity contribution in [3.05, 3.63) is 71.4 Å². The molecule has 1 N–H and O–H groups in total. The van der Waals surface area contributed by atoms with Gasteiger partial charge in [-0.05, 0) is 74.1 Å². The Morgan fingerprint density at radius 2 is 1.90 bits per heavy atom. The van der Waals surface area contributed by atoms with E-state index in [-0.39, 0.29) is 23.8 Å². The lowest BCUT2D eigenvalue weighted by molar-refractivity contribution is -0.121. The van der Waals surface area contributed by atoms with Crippen LogP contribution in [0.25, 0.3) is 10.9 Å². The number of nitrogens with zero attached hydrogens (tertiary/aromatic N) is 2. The third-order valence-corrected chi connectivity index (χ3v) is 6.61. The predicted molar refractivity (Wildman–Crippen MR) is 117 cm³/mol. The van der Waals surface area contributed by atoms with Gasteiger partial charge in [0.25, 0.3) is 5.91 Å². The number of aromatic nitrogens is 1. The van der Waals surface area contributed by atoms with Gasteiger partial charge in [0.1, 0.15) is 0 Å². The molecule has 1 saturated carbocycles. The first-order valence-electron chi connectivity index (χ1n) is 10.7. The molecule has 5 heteroatoms. The minimum absolute atomic E-state index is 0.00679. The minimum atomic E-state index is -0.00679. The van der Waals surface area contributed by atoms with E-state index >= 15 is 0 Å². The van der Waals surface area contributed by atoms with Crippen LogP contribution >= 0.6 is 0 Å². The summed E-state index contributed by atoms with van der Waals surface area (Å²) in [6.45, 7) is 2.77. The summed E-state index contributed by atoms with van der Waals surface area (Å²) < 4.78 is 0. The molecule has 0 unspecified atom stereocenters. The molecule has 0 bridgehead atoms. The van der Waals surface area contributed by atoms with Crippen molar-refractivity contribution in [2.45, 2.75) is 45.2 Å². The Kier molecular flexibility index (Phi) is 4.74. The predicted octanol–water partition coefficient (Wildman–Crippen LogP) is 4.70. The quantitative estimate of drug-likeness (QED) is 0.695. The van der Waals surface area contributed by atoms with Crippen molar-refractivity contribution >= 4 is 28.4 Å². The molecule has 0 radical (unpaired) electrons. The zero-order chi connectivity index (χ0) is 20.7. The number of hydrogen-bond donors (Lipinski definition) is 1. The fourth-order valence-corrected chi connectivity index (χ4v) is 4.85. The molecule has 3 aromatic rings. The zero-order valence-electron chi connectivity index (χ0n) is 17.1. The lowest BCUT2D eigenvalue weighted by Gasteiger charge is -2.34. The first kappa shape index (κ1) is 18.8. The molecule has 5 nitrogen and oxygen atoms in total. The molecule has 0 atom stereocenters. The van der Waals surface area contributed by atoms with Crippen LogP contribution in [0, 0.1) is 12.8 Å². The van der Waals surface area contributed by atoms with Gasteiger partial charge in [0, 0.05) is 41.3 Å². The van der Waals surface area contributed by atoms with Gasteiger partial charge in [0.2, 0.25) is 5.91 Å². The molecule has 2 heterocycles. The Morgan fingerprint density at radius 1 is 1.07 bits per heavy atom. The maximum atomic E-state index is 12.9. The van der Waals surface area contributed by atoms with Crippen LogP contribution < -0.4 is 5.32 Å². The Labute approximate surface area is 176 Å². The van der Waals surface area contributed by atoms with Crippen molar-refractivity contribution in [1.82, 2.24) is 9.88 Å². The highest BCUT2D eigenvalue weighted by Gasteiger charge is 2.36. The van der Waals surface area contributed by atoms with Crippen molar-refractivity contribution in [2.75, 3.05) is 5.32 Å². The number of hydrogen-bond acceptors (Lipinski definition) is 3. The highest BCUT2D eigenvalue weighted by atomic mass is 16.2. The molecule has 2 amide bonds. The lowest BCUT2D eigenvalue weighted by Crippen LogP contribution is -2.40. The van der Waals surface area contributed by atoms with Crippen molar-refractivity contribution in [3.8, 4) is 0 Å². The molecule has 1 aliphatic carbocycles. The number of pyridine rings is 1. The van der Waals surface area contributed by atoms with Gasteiger partial charge in [-0.1, -0.05) is 18.2 Å². The molecule has 1 aliphatic heterocycles. The van der Waals surface area contributed by atoms with Crippen LogP contribution in [0.2, 0.25) is 0 Å². The van der Waals surface area contributed by atoms with Gasteiger partial charge in [-0.3, -0.25) is 14.6 Å². The van der Waals surface area contributed by atoms with Gasteiger partial charge in [0.05, 0.1) is 5.52 Å². The van der Waals surface area contributed by atoms with E-state index in [1.165, 1.54) is 5.56 Å². The van der Waals surface area contributed by atoms with E-state index in [4.69, 9.17) is 0 Å². The van der Waals surface area contributed by atoms with Crippen LogP contribution in [0.1, 0.15) is 47.2 Å². The van der Waals surface area contributed by atoms with Gasteiger partial charge >= 0.3 is 0 Å². The van der Waals surface area contributed by atoms with Gasteiger partial charge < -0.3 is 10.2 Å². The molecule has 1 aromatic heterocycles. The highest BCUT2D eigenvalue weighted by molar-refractivity contribution is 5.99. The van der Waals surface area contributed by atoms with Crippen LogP contribution in [0.15, 0.2) is 54.7 Å². The Hall–Kier alpha value is -3.21. The molecular formula is C25H25N3O2. The largest absolute Gasteiger partial charge is 0.331 e. The molecule has 2 aliphatic rings. The molecule has 0 saturated heterocycles. The Bertz CT molecular complexity index is 1130. The monoisotopic (exact) mass is 399 g/mol. The Balaban J connectivity index is 1.21. The number of carbonyl (C=O) groups is 2. The molecule has 2 aromatic carbocycles. The summed E-state index contributed by atoms with van der Waals surface area (Å²) >= 11 is 0. The maximum Gasteiger partial charge on any atom is 0.254 e. The highest BCUT2D eigenvalue weighted by Crippen LogP contribution is 2.34. The summed E-state index contributed by atoms with van der Waals surface area (Å²) in [5, 5.41) is 4.09. The van der Waals surface area contributed by atoms with Gasteiger partial charge in [0.15, 0.2) is 0 Å². The standard InChI is InChI=1S/C25H25N3O2/c1-16-4-2-6-21-22(16)15-28(25(21)30)20-10-7-17(8-11-20)24(29)27-19-9-12-23-18(14-19)5-3-13-26-23/h2-6,9,12-14,17,20H,7-8,10-11,15H2,1H3,(H,27,29). The van der Waals surface area contributed by atoms with E-state index in [2.05, 4.69) is 23.3 Å². The van der Waals surface area contributed by atoms with Gasteiger partial charge in [-0.25, -0.2) is 0 Å². The summed E-state index contributed by atoms with van der Waals surface area (Å²) in [6.07, 6.45) is 5.14. The van der Waals surface area contributed by atoms with E-state index in [0.29, 0.717) is 6.54 Å².